The summed E-state index contributed by atoms with van der Waals surface area (Å²) < 4.78 is 10.1. The molecule has 20 heavy (non-hydrogen) atoms. The van der Waals surface area contributed by atoms with Crippen molar-refractivity contribution >= 4 is 11.7 Å². The second-order valence-electron chi connectivity index (χ2n) is 3.84. The van der Waals surface area contributed by atoms with E-state index in [2.05, 4.69) is 9.72 Å². The van der Waals surface area contributed by atoms with Crippen LogP contribution in [0.1, 0.15) is 15.9 Å². The lowest BCUT2D eigenvalue weighted by atomic mass is 10.2. The van der Waals surface area contributed by atoms with Gasteiger partial charge < -0.3 is 15.2 Å². The van der Waals surface area contributed by atoms with Crippen LogP contribution in [0.3, 0.4) is 0 Å². The number of benzene rings is 1. The van der Waals surface area contributed by atoms with Crippen molar-refractivity contribution in [3.05, 3.63) is 47.7 Å². The highest BCUT2D eigenvalue weighted by Crippen LogP contribution is 2.23. The zero-order valence-electron chi connectivity index (χ0n) is 10.7. The quantitative estimate of drug-likeness (QED) is 0.857. The van der Waals surface area contributed by atoms with Crippen LogP contribution in [0.2, 0.25) is 0 Å². The monoisotopic (exact) mass is 269 g/mol. The number of nitriles is 1. The van der Waals surface area contributed by atoms with Gasteiger partial charge in [0, 0.05) is 6.07 Å². The molecule has 0 aliphatic heterocycles. The number of nitrogens with two attached hydrogens (primary N) is 1. The molecular formula is C14H11N3O3. The Morgan fingerprint density at radius 3 is 2.90 bits per heavy atom. The number of pyridine rings is 1. The van der Waals surface area contributed by atoms with E-state index in [1.165, 1.54) is 19.4 Å². The number of aromatic nitrogens is 1. The van der Waals surface area contributed by atoms with Crippen molar-refractivity contribution in [1.29, 1.82) is 5.26 Å². The topological polar surface area (TPSA) is 98.2 Å². The number of carbonyl (C=O) groups is 1. The number of carbonyl (C=O) groups excluding carboxylic acids is 1. The number of esters is 1. The van der Waals surface area contributed by atoms with Gasteiger partial charge in [-0.3, -0.25) is 0 Å². The summed E-state index contributed by atoms with van der Waals surface area (Å²) in [6, 6.07) is 9.98. The molecule has 1 aromatic heterocycles. The minimum atomic E-state index is -0.569. The molecule has 0 atom stereocenters. The van der Waals surface area contributed by atoms with E-state index in [4.69, 9.17) is 15.7 Å². The van der Waals surface area contributed by atoms with E-state index in [9.17, 15) is 4.79 Å². The van der Waals surface area contributed by atoms with Gasteiger partial charge in [-0.1, -0.05) is 6.07 Å². The first-order chi connectivity index (χ1) is 9.63. The molecule has 6 heteroatoms. The molecule has 1 aromatic carbocycles. The highest BCUT2D eigenvalue weighted by atomic mass is 16.5. The van der Waals surface area contributed by atoms with Gasteiger partial charge in [-0.05, 0) is 18.2 Å². The van der Waals surface area contributed by atoms with E-state index in [1.54, 1.807) is 24.3 Å². The maximum Gasteiger partial charge on any atom is 0.340 e. The van der Waals surface area contributed by atoms with Gasteiger partial charge >= 0.3 is 5.97 Å². The Bertz CT molecular complexity index is 692. The number of nitrogens with zero attached hydrogens (tertiary/aromatic N) is 2. The molecular weight excluding hydrogens is 258 g/mol. The number of anilines is 1. The van der Waals surface area contributed by atoms with Crippen molar-refractivity contribution < 1.29 is 14.3 Å². The van der Waals surface area contributed by atoms with Crippen LogP contribution < -0.4 is 10.5 Å². The summed E-state index contributed by atoms with van der Waals surface area (Å²) in [6.07, 6.45) is 1.32. The highest BCUT2D eigenvalue weighted by molar-refractivity contribution is 5.95. The Kier molecular flexibility index (Phi) is 3.82. The van der Waals surface area contributed by atoms with E-state index in [1.807, 2.05) is 6.07 Å². The molecule has 100 valence electrons. The minimum absolute atomic E-state index is 0.175. The normalized spacial score (nSPS) is 9.60. The summed E-state index contributed by atoms with van der Waals surface area (Å²) in [5, 5.41) is 8.81. The summed E-state index contributed by atoms with van der Waals surface area (Å²) >= 11 is 0. The van der Waals surface area contributed by atoms with Crippen LogP contribution in [-0.2, 0) is 4.74 Å². The zero-order chi connectivity index (χ0) is 14.5. The fourth-order valence-electron chi connectivity index (χ4n) is 1.54. The molecule has 0 fully saturated rings. The van der Waals surface area contributed by atoms with Crippen molar-refractivity contribution in [3.63, 3.8) is 0 Å². The lowest BCUT2D eigenvalue weighted by Crippen LogP contribution is -2.06. The van der Waals surface area contributed by atoms with Gasteiger partial charge in [0.25, 0.3) is 0 Å². The molecule has 6 nitrogen and oxygen atoms in total. The molecule has 2 rings (SSSR count). The zero-order valence-corrected chi connectivity index (χ0v) is 10.7. The first-order valence-electron chi connectivity index (χ1n) is 5.66. The summed E-state index contributed by atoms with van der Waals surface area (Å²) in [5.74, 6) is 0.0624. The lowest BCUT2D eigenvalue weighted by Gasteiger charge is -2.08. The summed E-state index contributed by atoms with van der Waals surface area (Å²) in [4.78, 5) is 15.5. The average Bonchev–Trinajstić information content (AvgIpc) is 2.48. The van der Waals surface area contributed by atoms with Crippen LogP contribution in [0.4, 0.5) is 5.69 Å². The van der Waals surface area contributed by atoms with Crippen LogP contribution in [-0.4, -0.2) is 18.1 Å². The Morgan fingerprint density at radius 2 is 2.20 bits per heavy atom. The van der Waals surface area contributed by atoms with E-state index < -0.39 is 5.97 Å². The largest absolute Gasteiger partial charge is 0.465 e. The van der Waals surface area contributed by atoms with Crippen LogP contribution in [0.5, 0.6) is 11.6 Å². The van der Waals surface area contributed by atoms with Gasteiger partial charge in [-0.2, -0.15) is 5.26 Å². The smallest absolute Gasteiger partial charge is 0.340 e. The third-order valence-corrected chi connectivity index (χ3v) is 2.50. The van der Waals surface area contributed by atoms with Crippen molar-refractivity contribution in [1.82, 2.24) is 4.98 Å². The van der Waals surface area contributed by atoms with Crippen molar-refractivity contribution in [2.45, 2.75) is 0 Å². The van der Waals surface area contributed by atoms with E-state index >= 15 is 0 Å². The van der Waals surface area contributed by atoms with E-state index in [-0.39, 0.29) is 17.1 Å². The third kappa shape index (κ3) is 2.84. The molecule has 0 saturated heterocycles. The molecule has 0 unspecified atom stereocenters. The first kappa shape index (κ1) is 13.4. The average molecular weight is 269 g/mol. The summed E-state index contributed by atoms with van der Waals surface area (Å²) in [6.45, 7) is 0. The molecule has 2 N–H and O–H groups in total. The summed E-state index contributed by atoms with van der Waals surface area (Å²) in [7, 11) is 1.26. The van der Waals surface area contributed by atoms with Gasteiger partial charge in [-0.25, -0.2) is 9.78 Å². The molecule has 0 amide bonds. The van der Waals surface area contributed by atoms with Crippen LogP contribution >= 0.6 is 0 Å². The van der Waals surface area contributed by atoms with Crippen LogP contribution in [0, 0.1) is 11.3 Å². The minimum Gasteiger partial charge on any atom is -0.465 e. The Labute approximate surface area is 115 Å². The van der Waals surface area contributed by atoms with Gasteiger partial charge in [0.15, 0.2) is 0 Å². The van der Waals surface area contributed by atoms with Crippen LogP contribution in [0.15, 0.2) is 36.5 Å². The number of hydrogen-bond donors (Lipinski definition) is 1. The second kappa shape index (κ2) is 5.71. The fraction of sp³-hybridized carbons (Fsp3) is 0.0714. The van der Waals surface area contributed by atoms with Gasteiger partial charge in [-0.15, -0.1) is 0 Å². The number of nitrogen functional groups attached to an aromatic ring is 1. The highest BCUT2D eigenvalue weighted by Gasteiger charge is 2.12. The number of methoxy groups -OCH3 is 1. The van der Waals surface area contributed by atoms with E-state index in [0.717, 1.165) is 0 Å². The van der Waals surface area contributed by atoms with Gasteiger partial charge in [0.05, 0.1) is 36.2 Å². The third-order valence-electron chi connectivity index (χ3n) is 2.50. The predicted octanol–water partition coefficient (Wildman–Crippen LogP) is 2.11. The molecule has 0 spiro atoms. The molecule has 0 aliphatic rings. The summed E-state index contributed by atoms with van der Waals surface area (Å²) in [5.41, 5.74) is 6.49. The van der Waals surface area contributed by atoms with Crippen molar-refractivity contribution in [2.24, 2.45) is 0 Å². The number of ether oxygens (including phenoxy) is 2. The van der Waals surface area contributed by atoms with Gasteiger partial charge in [0.1, 0.15) is 5.75 Å². The first-order valence-corrected chi connectivity index (χ1v) is 5.66. The SMILES string of the molecule is COC(=O)c1cc(Oc2cccc(C#N)c2)ncc1N. The Balaban J connectivity index is 2.30. The fourth-order valence-corrected chi connectivity index (χ4v) is 1.54. The molecule has 0 radical (unpaired) electrons. The Hall–Kier alpha value is -3.07. The van der Waals surface area contributed by atoms with Crippen molar-refractivity contribution in [2.75, 3.05) is 12.8 Å². The van der Waals surface area contributed by atoms with Gasteiger partial charge in [0.2, 0.25) is 5.88 Å². The second-order valence-corrected chi connectivity index (χ2v) is 3.84. The molecule has 2 aromatic rings. The standard InChI is InChI=1S/C14H11N3O3/c1-19-14(18)11-6-13(17-8-12(11)16)20-10-4-2-3-9(5-10)7-15/h2-6,8H,16H2,1H3. The van der Waals surface area contributed by atoms with E-state index in [0.29, 0.717) is 11.3 Å². The number of rotatable bonds is 3. The van der Waals surface area contributed by atoms with Crippen LogP contribution in [0.25, 0.3) is 0 Å². The molecule has 1 heterocycles. The molecule has 0 aliphatic carbocycles. The predicted molar refractivity (Wildman–Crippen MR) is 71.2 cm³/mol. The Morgan fingerprint density at radius 1 is 1.40 bits per heavy atom. The number of hydrogen-bond acceptors (Lipinski definition) is 6. The maximum atomic E-state index is 11.5. The lowest BCUT2D eigenvalue weighted by molar-refractivity contribution is 0.0601. The van der Waals surface area contributed by atoms with Crippen molar-refractivity contribution in [3.8, 4) is 17.7 Å². The maximum absolute atomic E-state index is 11.5. The molecule has 0 bridgehead atoms. The molecule has 0 saturated carbocycles.